The van der Waals surface area contributed by atoms with E-state index in [4.69, 9.17) is 0 Å². The summed E-state index contributed by atoms with van der Waals surface area (Å²) in [5, 5.41) is 9.83. The van der Waals surface area contributed by atoms with Gasteiger partial charge in [-0.2, -0.15) is 0 Å². The molecule has 0 radical (unpaired) electrons. The molecule has 2 unspecified atom stereocenters. The molecular formula is C12H18O2. The van der Waals surface area contributed by atoms with Gasteiger partial charge in [-0.3, -0.25) is 4.79 Å². The third kappa shape index (κ3) is 0.928. The van der Waals surface area contributed by atoms with Gasteiger partial charge in [-0.25, -0.2) is 0 Å². The van der Waals surface area contributed by atoms with Crippen LogP contribution in [0, 0.1) is 10.8 Å². The standard InChI is InChI=1S/C12H18O2/c13-9-5-11-3-1-2-4-12(11,7-9)8-10(14)6-11/h9,13H,1-8H2. The molecule has 78 valence electrons. The Morgan fingerprint density at radius 2 is 1.57 bits per heavy atom. The Labute approximate surface area is 84.7 Å². The molecule has 0 spiro atoms. The van der Waals surface area contributed by atoms with E-state index in [1.165, 1.54) is 25.7 Å². The van der Waals surface area contributed by atoms with Gasteiger partial charge in [-0.05, 0) is 36.5 Å². The molecule has 3 fully saturated rings. The Morgan fingerprint density at radius 1 is 1.07 bits per heavy atom. The van der Waals surface area contributed by atoms with E-state index in [1.54, 1.807) is 0 Å². The van der Waals surface area contributed by atoms with Gasteiger partial charge in [0.25, 0.3) is 0 Å². The second kappa shape index (κ2) is 2.60. The van der Waals surface area contributed by atoms with Crippen LogP contribution in [-0.2, 0) is 4.79 Å². The van der Waals surface area contributed by atoms with Gasteiger partial charge in [-0.1, -0.05) is 12.8 Å². The Balaban J connectivity index is 2.02. The van der Waals surface area contributed by atoms with Crippen molar-refractivity contribution in [3.8, 4) is 0 Å². The molecule has 2 nitrogen and oxygen atoms in total. The number of carbonyl (C=O) groups is 1. The lowest BCUT2D eigenvalue weighted by Crippen LogP contribution is -2.35. The first-order valence-electron chi connectivity index (χ1n) is 5.86. The van der Waals surface area contributed by atoms with Gasteiger partial charge in [0.2, 0.25) is 0 Å². The maximum atomic E-state index is 11.6. The number of ketones is 1. The van der Waals surface area contributed by atoms with Crippen molar-refractivity contribution in [3.05, 3.63) is 0 Å². The predicted octanol–water partition coefficient (Wildman–Crippen LogP) is 2.05. The molecule has 0 saturated heterocycles. The molecule has 3 rings (SSSR count). The largest absolute Gasteiger partial charge is 0.393 e. The Kier molecular flexibility index (Phi) is 1.65. The van der Waals surface area contributed by atoms with E-state index in [1.807, 2.05) is 0 Å². The van der Waals surface area contributed by atoms with Crippen LogP contribution in [0.25, 0.3) is 0 Å². The quantitative estimate of drug-likeness (QED) is 0.641. The number of aliphatic hydroxyl groups excluding tert-OH is 1. The highest BCUT2D eigenvalue weighted by molar-refractivity contribution is 5.83. The summed E-state index contributed by atoms with van der Waals surface area (Å²) in [5.74, 6) is 0.457. The van der Waals surface area contributed by atoms with Gasteiger partial charge in [0.15, 0.2) is 0 Å². The van der Waals surface area contributed by atoms with E-state index in [2.05, 4.69) is 0 Å². The molecule has 0 bridgehead atoms. The van der Waals surface area contributed by atoms with Gasteiger partial charge < -0.3 is 5.11 Å². The molecular weight excluding hydrogens is 176 g/mol. The molecule has 0 aromatic carbocycles. The van der Waals surface area contributed by atoms with Gasteiger partial charge in [0, 0.05) is 12.8 Å². The van der Waals surface area contributed by atoms with E-state index in [9.17, 15) is 9.90 Å². The molecule has 14 heavy (non-hydrogen) atoms. The zero-order valence-corrected chi connectivity index (χ0v) is 8.59. The first-order chi connectivity index (χ1) is 6.66. The van der Waals surface area contributed by atoms with Crippen LogP contribution in [0.15, 0.2) is 0 Å². The lowest BCUT2D eigenvalue weighted by molar-refractivity contribution is -0.118. The molecule has 3 aliphatic carbocycles. The summed E-state index contributed by atoms with van der Waals surface area (Å²) in [6, 6.07) is 0. The molecule has 3 saturated carbocycles. The van der Waals surface area contributed by atoms with Crippen molar-refractivity contribution in [2.75, 3.05) is 0 Å². The van der Waals surface area contributed by atoms with E-state index < -0.39 is 0 Å². The topological polar surface area (TPSA) is 37.3 Å². The van der Waals surface area contributed by atoms with E-state index in [0.717, 1.165) is 25.7 Å². The minimum Gasteiger partial charge on any atom is -0.393 e. The molecule has 0 aromatic rings. The maximum absolute atomic E-state index is 11.6. The second-order valence-electron chi connectivity index (χ2n) is 5.72. The highest BCUT2D eigenvalue weighted by Gasteiger charge is 2.63. The predicted molar refractivity (Wildman–Crippen MR) is 52.8 cm³/mol. The highest BCUT2D eigenvalue weighted by Crippen LogP contribution is 2.68. The minimum atomic E-state index is -0.124. The van der Waals surface area contributed by atoms with E-state index in [0.29, 0.717) is 5.78 Å². The molecule has 0 aromatic heterocycles. The Hall–Kier alpha value is -0.370. The lowest BCUT2D eigenvalue weighted by atomic mass is 9.60. The first-order valence-corrected chi connectivity index (χ1v) is 5.86. The number of carbonyl (C=O) groups excluding carboxylic acids is 1. The minimum absolute atomic E-state index is 0.124. The molecule has 2 heteroatoms. The fourth-order valence-electron chi connectivity index (χ4n) is 4.58. The van der Waals surface area contributed by atoms with Gasteiger partial charge in [-0.15, -0.1) is 0 Å². The van der Waals surface area contributed by atoms with Crippen molar-refractivity contribution in [1.29, 1.82) is 0 Å². The first kappa shape index (κ1) is 8.90. The van der Waals surface area contributed by atoms with Gasteiger partial charge in [0.1, 0.15) is 5.78 Å². The molecule has 3 aliphatic rings. The second-order valence-corrected chi connectivity index (χ2v) is 5.72. The maximum Gasteiger partial charge on any atom is 0.134 e. The molecule has 0 aliphatic heterocycles. The molecule has 0 heterocycles. The van der Waals surface area contributed by atoms with Gasteiger partial charge in [0.05, 0.1) is 6.10 Å². The third-order valence-corrected chi connectivity index (χ3v) is 5.01. The van der Waals surface area contributed by atoms with Crippen LogP contribution in [-0.4, -0.2) is 17.0 Å². The number of hydrogen-bond acceptors (Lipinski definition) is 2. The summed E-state index contributed by atoms with van der Waals surface area (Å²) < 4.78 is 0. The number of Topliss-reactive ketones (excluding diaryl/α,β-unsaturated/α-hetero) is 1. The van der Waals surface area contributed by atoms with Crippen molar-refractivity contribution >= 4 is 5.78 Å². The normalized spacial score (nSPS) is 51.8. The van der Waals surface area contributed by atoms with E-state index in [-0.39, 0.29) is 16.9 Å². The van der Waals surface area contributed by atoms with Crippen molar-refractivity contribution < 1.29 is 9.90 Å². The number of aliphatic hydroxyl groups is 1. The number of rotatable bonds is 0. The fraction of sp³-hybridized carbons (Fsp3) is 0.917. The van der Waals surface area contributed by atoms with Crippen LogP contribution in [0.5, 0.6) is 0 Å². The summed E-state index contributed by atoms with van der Waals surface area (Å²) in [6.07, 6.45) is 8.13. The average molecular weight is 194 g/mol. The fourth-order valence-corrected chi connectivity index (χ4v) is 4.58. The van der Waals surface area contributed by atoms with Crippen molar-refractivity contribution in [2.24, 2.45) is 10.8 Å². The lowest BCUT2D eigenvalue weighted by Gasteiger charge is -2.43. The smallest absolute Gasteiger partial charge is 0.134 e. The summed E-state index contributed by atoms with van der Waals surface area (Å²) >= 11 is 0. The SMILES string of the molecule is O=C1CC23CCCCC2(C1)CC(O)C3. The summed E-state index contributed by atoms with van der Waals surface area (Å²) in [5.41, 5.74) is 0.448. The highest BCUT2D eigenvalue weighted by atomic mass is 16.3. The van der Waals surface area contributed by atoms with Gasteiger partial charge >= 0.3 is 0 Å². The zero-order valence-electron chi connectivity index (χ0n) is 8.59. The average Bonchev–Trinajstić information content (AvgIpc) is 2.49. The van der Waals surface area contributed by atoms with Crippen LogP contribution < -0.4 is 0 Å². The van der Waals surface area contributed by atoms with Crippen LogP contribution >= 0.6 is 0 Å². The third-order valence-electron chi connectivity index (χ3n) is 5.01. The Morgan fingerprint density at radius 3 is 2.07 bits per heavy atom. The van der Waals surface area contributed by atoms with Crippen LogP contribution in [0.1, 0.15) is 51.4 Å². The molecule has 0 amide bonds. The summed E-state index contributed by atoms with van der Waals surface area (Å²) in [4.78, 5) is 11.6. The zero-order chi connectivity index (χ0) is 9.81. The van der Waals surface area contributed by atoms with Crippen molar-refractivity contribution in [3.63, 3.8) is 0 Å². The van der Waals surface area contributed by atoms with E-state index >= 15 is 0 Å². The monoisotopic (exact) mass is 194 g/mol. The van der Waals surface area contributed by atoms with Crippen molar-refractivity contribution in [2.45, 2.75) is 57.5 Å². The van der Waals surface area contributed by atoms with Crippen molar-refractivity contribution in [1.82, 2.24) is 0 Å². The molecule has 2 atom stereocenters. The Bertz CT molecular complexity index is 260. The molecule has 1 N–H and O–H groups in total. The number of hydrogen-bond donors (Lipinski definition) is 1. The van der Waals surface area contributed by atoms with Crippen LogP contribution in [0.2, 0.25) is 0 Å². The van der Waals surface area contributed by atoms with Crippen LogP contribution in [0.4, 0.5) is 0 Å². The summed E-state index contributed by atoms with van der Waals surface area (Å²) in [7, 11) is 0. The summed E-state index contributed by atoms with van der Waals surface area (Å²) in [6.45, 7) is 0. The van der Waals surface area contributed by atoms with Crippen LogP contribution in [0.3, 0.4) is 0 Å².